The van der Waals surface area contributed by atoms with Crippen molar-refractivity contribution in [2.24, 2.45) is 0 Å². The molecule has 0 radical (unpaired) electrons. The third-order valence-corrected chi connectivity index (χ3v) is 6.07. The van der Waals surface area contributed by atoms with Gasteiger partial charge in [-0.05, 0) is 36.8 Å². The summed E-state index contributed by atoms with van der Waals surface area (Å²) in [5.74, 6) is 0.0525. The molecule has 0 aromatic heterocycles. The second-order valence-electron chi connectivity index (χ2n) is 7.88. The van der Waals surface area contributed by atoms with E-state index in [0.29, 0.717) is 11.3 Å². The zero-order valence-corrected chi connectivity index (χ0v) is 24.0. The maximum Gasteiger partial charge on any atom is 1.00 e. The first kappa shape index (κ1) is 31.6. The molecule has 1 fully saturated rings. The molecule has 37 heavy (non-hydrogen) atoms. The van der Waals surface area contributed by atoms with Crippen molar-refractivity contribution in [3.05, 3.63) is 65.7 Å². The summed E-state index contributed by atoms with van der Waals surface area (Å²) in [6.07, 6.45) is -4.13. The zero-order valence-electron chi connectivity index (χ0n) is 21.2. The van der Waals surface area contributed by atoms with Gasteiger partial charge in [0.1, 0.15) is 30.7 Å². The maximum atomic E-state index is 12.5. The van der Waals surface area contributed by atoms with Gasteiger partial charge in [-0.2, -0.15) is 0 Å². The van der Waals surface area contributed by atoms with Crippen molar-refractivity contribution in [3.8, 4) is 5.75 Å². The summed E-state index contributed by atoms with van der Waals surface area (Å²) >= 11 is 0. The van der Waals surface area contributed by atoms with Gasteiger partial charge in [-0.15, -0.1) is 0 Å². The summed E-state index contributed by atoms with van der Waals surface area (Å²) < 4.78 is 70.9. The summed E-state index contributed by atoms with van der Waals surface area (Å²) in [6, 6.07) is 14.2. The molecule has 3 rings (SSSR count). The van der Waals surface area contributed by atoms with E-state index in [9.17, 15) is 17.8 Å². The number of carbonyl (C=O) groups excluding carboxylic acids is 1. The summed E-state index contributed by atoms with van der Waals surface area (Å²) in [4.78, 5) is 12.5. The first-order valence-electron chi connectivity index (χ1n) is 11.3. The quantitative estimate of drug-likeness (QED) is 0.192. The van der Waals surface area contributed by atoms with Crippen LogP contribution in [-0.4, -0.2) is 77.0 Å². The predicted octanol–water partition coefficient (Wildman–Crippen LogP) is -1.36. The van der Waals surface area contributed by atoms with E-state index in [1.165, 1.54) is 7.11 Å². The fourth-order valence-electron chi connectivity index (χ4n) is 3.85. The summed E-state index contributed by atoms with van der Waals surface area (Å²) in [5.41, 5.74) is 1.08. The Kier molecular flexibility index (Phi) is 12.9. The SMILES string of the molecule is CCO[C@@H]1[C@@H](OC)O[C@H](COC(=O)c2ccccc2)[C@@H](OCc2ccc(OC)cc2)[C@H]1NS(=O)(=O)[O-].[Na+]. The van der Waals surface area contributed by atoms with Crippen LogP contribution < -0.4 is 39.0 Å². The van der Waals surface area contributed by atoms with Crippen molar-refractivity contribution in [2.75, 3.05) is 27.4 Å². The second-order valence-corrected chi connectivity index (χ2v) is 9.03. The van der Waals surface area contributed by atoms with Gasteiger partial charge in [0.2, 0.25) is 0 Å². The average molecular weight is 548 g/mol. The Morgan fingerprint density at radius 1 is 1.03 bits per heavy atom. The van der Waals surface area contributed by atoms with E-state index >= 15 is 0 Å². The normalized spacial score (nSPS) is 23.6. The smallest absolute Gasteiger partial charge is 0.735 e. The fraction of sp³-hybridized carbons (Fsp3) is 0.458. The molecule has 2 aromatic rings. The minimum absolute atomic E-state index is 0. The van der Waals surface area contributed by atoms with E-state index in [4.69, 9.17) is 28.4 Å². The number of nitrogens with one attached hydrogen (secondary N) is 1. The Balaban J connectivity index is 0.00000481. The van der Waals surface area contributed by atoms with Crippen LogP contribution in [0.25, 0.3) is 0 Å². The van der Waals surface area contributed by atoms with Gasteiger partial charge in [0.25, 0.3) is 0 Å². The summed E-state index contributed by atoms with van der Waals surface area (Å²) in [5, 5.41) is 0. The molecule has 0 saturated carbocycles. The molecule has 1 aliphatic heterocycles. The summed E-state index contributed by atoms with van der Waals surface area (Å²) in [6.45, 7) is 1.63. The van der Waals surface area contributed by atoms with Crippen molar-refractivity contribution in [2.45, 2.75) is 44.2 Å². The molecule has 198 valence electrons. The Labute approximate surface area is 238 Å². The number of hydrogen-bond acceptors (Lipinski definition) is 10. The van der Waals surface area contributed by atoms with Gasteiger partial charge >= 0.3 is 35.5 Å². The third-order valence-electron chi connectivity index (χ3n) is 5.51. The molecular weight excluding hydrogens is 517 g/mol. The van der Waals surface area contributed by atoms with E-state index < -0.39 is 46.9 Å². The van der Waals surface area contributed by atoms with Gasteiger partial charge in [0.15, 0.2) is 16.6 Å². The van der Waals surface area contributed by atoms with Crippen molar-refractivity contribution in [1.82, 2.24) is 4.72 Å². The van der Waals surface area contributed by atoms with Gasteiger partial charge in [0.05, 0.1) is 25.3 Å². The molecule has 5 atom stereocenters. The molecule has 1 N–H and O–H groups in total. The molecule has 0 bridgehead atoms. The Morgan fingerprint density at radius 2 is 1.70 bits per heavy atom. The maximum absolute atomic E-state index is 12.5. The number of benzene rings is 2. The molecule has 1 saturated heterocycles. The molecule has 2 aromatic carbocycles. The first-order valence-corrected chi connectivity index (χ1v) is 12.7. The first-order chi connectivity index (χ1) is 17.3. The van der Waals surface area contributed by atoms with Crippen LogP contribution in [0.15, 0.2) is 54.6 Å². The standard InChI is InChI=1S/C24H31NO10S.Na/c1-4-32-22-20(25-36(27,28)29)21(33-14-16-10-12-18(30-2)13-11-16)19(35-24(22)31-3)15-34-23(26)17-8-6-5-7-9-17;/h5-13,19-22,24-25H,4,14-15H2,1-3H3,(H,27,28,29);/q;+1/p-1/t19-,20-,21-,22+,24+;/m1./s1. The average Bonchev–Trinajstić information content (AvgIpc) is 2.87. The molecule has 0 spiro atoms. The molecule has 0 amide bonds. The van der Waals surface area contributed by atoms with Crippen molar-refractivity contribution < 1.29 is 75.7 Å². The molecule has 0 aliphatic carbocycles. The van der Waals surface area contributed by atoms with Crippen LogP contribution >= 0.6 is 0 Å². The van der Waals surface area contributed by atoms with Crippen LogP contribution in [0.2, 0.25) is 0 Å². The number of methoxy groups -OCH3 is 2. The van der Waals surface area contributed by atoms with Gasteiger partial charge < -0.3 is 33.0 Å². The molecule has 11 nitrogen and oxygen atoms in total. The molecule has 0 unspecified atom stereocenters. The van der Waals surface area contributed by atoms with Crippen LogP contribution in [0.4, 0.5) is 0 Å². The Bertz CT molecular complexity index is 1070. The van der Waals surface area contributed by atoms with Crippen molar-refractivity contribution in [1.29, 1.82) is 0 Å². The summed E-state index contributed by atoms with van der Waals surface area (Å²) in [7, 11) is -2.02. The van der Waals surface area contributed by atoms with E-state index in [1.807, 2.05) is 0 Å². The van der Waals surface area contributed by atoms with Crippen LogP contribution in [0.5, 0.6) is 5.75 Å². The van der Waals surface area contributed by atoms with Gasteiger partial charge in [0, 0.05) is 13.7 Å². The minimum atomic E-state index is -4.92. The Morgan fingerprint density at radius 3 is 2.27 bits per heavy atom. The molecule has 1 aliphatic rings. The van der Waals surface area contributed by atoms with E-state index in [1.54, 1.807) is 68.6 Å². The minimum Gasteiger partial charge on any atom is -0.735 e. The number of ether oxygens (including phenoxy) is 6. The van der Waals surface area contributed by atoms with Crippen LogP contribution in [0, 0.1) is 0 Å². The molecular formula is C24H30NNaO10S. The van der Waals surface area contributed by atoms with Crippen LogP contribution in [0.3, 0.4) is 0 Å². The second kappa shape index (κ2) is 15.1. The predicted molar refractivity (Wildman–Crippen MR) is 126 cm³/mol. The van der Waals surface area contributed by atoms with E-state index in [-0.39, 0.29) is 49.4 Å². The fourth-order valence-corrected chi connectivity index (χ4v) is 4.46. The van der Waals surface area contributed by atoms with Gasteiger partial charge in [-0.3, -0.25) is 0 Å². The molecule has 1 heterocycles. The van der Waals surface area contributed by atoms with Crippen LogP contribution in [0.1, 0.15) is 22.8 Å². The topological polar surface area (TPSA) is 142 Å². The largest absolute Gasteiger partial charge is 1.00 e. The van der Waals surface area contributed by atoms with Gasteiger partial charge in [-0.1, -0.05) is 30.3 Å². The molecule has 13 heteroatoms. The Hall–Kier alpha value is -1.58. The van der Waals surface area contributed by atoms with E-state index in [0.717, 1.165) is 5.56 Å². The number of rotatable bonds is 12. The third kappa shape index (κ3) is 9.29. The van der Waals surface area contributed by atoms with Crippen molar-refractivity contribution >= 4 is 16.3 Å². The van der Waals surface area contributed by atoms with Gasteiger partial charge in [-0.25, -0.2) is 17.9 Å². The zero-order chi connectivity index (χ0) is 26.1. The van der Waals surface area contributed by atoms with Crippen LogP contribution in [-0.2, 0) is 40.6 Å². The van der Waals surface area contributed by atoms with Crippen molar-refractivity contribution in [3.63, 3.8) is 0 Å². The van der Waals surface area contributed by atoms with E-state index in [2.05, 4.69) is 4.72 Å². The number of esters is 1. The monoisotopic (exact) mass is 547 g/mol. The number of carbonyl (C=O) groups is 1. The number of hydrogen-bond donors (Lipinski definition) is 1.